The fourth-order valence-corrected chi connectivity index (χ4v) is 3.62. The van der Waals surface area contributed by atoms with Gasteiger partial charge < -0.3 is 20.7 Å². The van der Waals surface area contributed by atoms with Crippen molar-refractivity contribution in [1.82, 2.24) is 15.6 Å². The maximum Gasteiger partial charge on any atom is 0.326 e. The molecule has 3 aromatic carbocycles. The highest BCUT2D eigenvalue weighted by Crippen LogP contribution is 2.19. The van der Waals surface area contributed by atoms with Crippen LogP contribution in [0.1, 0.15) is 21.5 Å². The lowest BCUT2D eigenvalue weighted by molar-refractivity contribution is -0.141. The molecule has 0 saturated heterocycles. The minimum absolute atomic E-state index is 0.0293. The summed E-state index contributed by atoms with van der Waals surface area (Å²) >= 11 is 0. The summed E-state index contributed by atoms with van der Waals surface area (Å²) in [6.45, 7) is 0. The van der Waals surface area contributed by atoms with Gasteiger partial charge in [-0.25, -0.2) is 9.18 Å². The number of hydrogen-bond acceptors (Lipinski definition) is 3. The molecule has 2 amide bonds. The maximum atomic E-state index is 13.3. The van der Waals surface area contributed by atoms with Crippen molar-refractivity contribution in [2.24, 2.45) is 0 Å². The Hall–Kier alpha value is -4.72. The molecule has 35 heavy (non-hydrogen) atoms. The van der Waals surface area contributed by atoms with Gasteiger partial charge in [0.05, 0.1) is 0 Å². The average molecular weight is 471 g/mol. The second kappa shape index (κ2) is 10.5. The largest absolute Gasteiger partial charge is 0.480 e. The molecule has 176 valence electrons. The smallest absolute Gasteiger partial charge is 0.326 e. The molecule has 8 heteroatoms. The van der Waals surface area contributed by atoms with E-state index in [1.165, 1.54) is 30.3 Å². The predicted molar refractivity (Wildman–Crippen MR) is 130 cm³/mol. The van der Waals surface area contributed by atoms with E-state index in [0.717, 1.165) is 16.5 Å². The first kappa shape index (κ1) is 23.4. The molecule has 0 aliphatic carbocycles. The first-order chi connectivity index (χ1) is 16.9. The third kappa shape index (κ3) is 5.80. The Kier molecular flexibility index (Phi) is 7.02. The molecule has 0 aliphatic rings. The molecule has 0 bridgehead atoms. The third-order valence-electron chi connectivity index (χ3n) is 5.41. The van der Waals surface area contributed by atoms with Gasteiger partial charge in [0.2, 0.25) is 0 Å². The Morgan fingerprint density at radius 3 is 2.34 bits per heavy atom. The van der Waals surface area contributed by atoms with Gasteiger partial charge >= 0.3 is 5.97 Å². The quantitative estimate of drug-likeness (QED) is 0.292. The molecule has 4 N–H and O–H groups in total. The molecule has 0 radical (unpaired) electrons. The van der Waals surface area contributed by atoms with Crippen molar-refractivity contribution >= 4 is 34.8 Å². The van der Waals surface area contributed by atoms with Gasteiger partial charge in [0.15, 0.2) is 0 Å². The average Bonchev–Trinajstić information content (AvgIpc) is 3.27. The van der Waals surface area contributed by atoms with Gasteiger partial charge in [-0.2, -0.15) is 0 Å². The summed E-state index contributed by atoms with van der Waals surface area (Å²) in [7, 11) is 0. The molecule has 4 rings (SSSR count). The lowest BCUT2D eigenvalue weighted by Crippen LogP contribution is -2.45. The Bertz CT molecular complexity index is 1390. The van der Waals surface area contributed by atoms with Crippen molar-refractivity contribution in [3.63, 3.8) is 0 Å². The molecule has 0 unspecified atom stereocenters. The van der Waals surface area contributed by atoms with Crippen LogP contribution in [0, 0.1) is 5.82 Å². The van der Waals surface area contributed by atoms with Crippen molar-refractivity contribution in [1.29, 1.82) is 0 Å². The van der Waals surface area contributed by atoms with Crippen LogP contribution >= 0.6 is 0 Å². The van der Waals surface area contributed by atoms with E-state index in [1.807, 2.05) is 24.3 Å². The van der Waals surface area contributed by atoms with Crippen LogP contribution in [-0.2, 0) is 16.0 Å². The van der Waals surface area contributed by atoms with Gasteiger partial charge in [0.25, 0.3) is 11.8 Å². The molecule has 1 heterocycles. The molecule has 4 aromatic rings. The number of carboxylic acids is 1. The number of aromatic amines is 1. The molecule has 7 nitrogen and oxygen atoms in total. The van der Waals surface area contributed by atoms with Crippen LogP contribution in [0.15, 0.2) is 90.8 Å². The van der Waals surface area contributed by atoms with E-state index in [1.54, 1.807) is 36.5 Å². The maximum absolute atomic E-state index is 13.3. The lowest BCUT2D eigenvalue weighted by atomic mass is 10.0. The number of fused-ring (bicyclic) bond motifs is 1. The number of carbonyl (C=O) groups is 3. The Morgan fingerprint density at radius 2 is 1.63 bits per heavy atom. The predicted octanol–water partition coefficient (Wildman–Crippen LogP) is 3.89. The minimum atomic E-state index is -1.26. The standard InChI is InChI=1S/C27H22FN3O4/c28-20-12-10-17(11-13-20)14-23(30-25(32)18-6-2-1-3-7-18)26(33)31-24(27(34)35)15-19-16-29-22-9-5-4-8-21(19)22/h1-14,16,24,29H,15H2,(H,30,32)(H,31,33)(H,34,35)/b23-14+/t24-/m1/s1. The van der Waals surface area contributed by atoms with Gasteiger partial charge in [0, 0.05) is 29.1 Å². The lowest BCUT2D eigenvalue weighted by Gasteiger charge is -2.17. The number of rotatable bonds is 8. The topological polar surface area (TPSA) is 111 Å². The Balaban J connectivity index is 1.59. The summed E-state index contributed by atoms with van der Waals surface area (Å²) in [5, 5.41) is 15.7. The van der Waals surface area contributed by atoms with Crippen LogP contribution in [0.5, 0.6) is 0 Å². The highest BCUT2D eigenvalue weighted by Gasteiger charge is 2.24. The van der Waals surface area contributed by atoms with E-state index in [4.69, 9.17) is 0 Å². The van der Waals surface area contributed by atoms with Crippen molar-refractivity contribution in [3.8, 4) is 0 Å². The van der Waals surface area contributed by atoms with Crippen LogP contribution in [0.2, 0.25) is 0 Å². The van der Waals surface area contributed by atoms with Crippen LogP contribution in [-0.4, -0.2) is 33.9 Å². The van der Waals surface area contributed by atoms with Gasteiger partial charge in [0.1, 0.15) is 17.6 Å². The SMILES string of the molecule is O=C(N[C@H](Cc1c[nH]c2ccccc12)C(=O)O)/C(=C\c1ccc(F)cc1)NC(=O)c1ccccc1. The van der Waals surface area contributed by atoms with Gasteiger partial charge in [-0.15, -0.1) is 0 Å². The fraction of sp³-hybridized carbons (Fsp3) is 0.0741. The van der Waals surface area contributed by atoms with Gasteiger partial charge in [-0.3, -0.25) is 9.59 Å². The van der Waals surface area contributed by atoms with Gasteiger partial charge in [-0.1, -0.05) is 48.5 Å². The van der Waals surface area contributed by atoms with Crippen molar-refractivity contribution in [3.05, 3.63) is 113 Å². The molecule has 0 fully saturated rings. The third-order valence-corrected chi connectivity index (χ3v) is 5.41. The summed E-state index contributed by atoms with van der Waals surface area (Å²) in [4.78, 5) is 40.9. The zero-order chi connectivity index (χ0) is 24.8. The normalized spacial score (nSPS) is 12.2. The summed E-state index contributed by atoms with van der Waals surface area (Å²) < 4.78 is 13.3. The number of nitrogens with one attached hydrogen (secondary N) is 3. The van der Waals surface area contributed by atoms with E-state index in [9.17, 15) is 23.9 Å². The molecule has 0 spiro atoms. The zero-order valence-corrected chi connectivity index (χ0v) is 18.5. The number of hydrogen-bond donors (Lipinski definition) is 4. The number of carbonyl (C=O) groups excluding carboxylic acids is 2. The molecule has 1 aromatic heterocycles. The number of benzene rings is 3. The number of carboxylic acid groups (broad SMARTS) is 1. The van der Waals surface area contributed by atoms with Crippen molar-refractivity contribution in [2.75, 3.05) is 0 Å². The zero-order valence-electron chi connectivity index (χ0n) is 18.5. The summed E-state index contributed by atoms with van der Waals surface area (Å²) in [5.74, 6) is -3.01. The molecular weight excluding hydrogens is 449 g/mol. The van der Waals surface area contributed by atoms with Gasteiger partial charge in [-0.05, 0) is 47.5 Å². The first-order valence-corrected chi connectivity index (χ1v) is 10.8. The Labute approximate surface area is 200 Å². The number of halogens is 1. The molecule has 0 saturated carbocycles. The Morgan fingerprint density at radius 1 is 0.943 bits per heavy atom. The fourth-order valence-electron chi connectivity index (χ4n) is 3.62. The summed E-state index contributed by atoms with van der Waals surface area (Å²) in [5.41, 5.74) is 2.18. The van der Waals surface area contributed by atoms with E-state index in [2.05, 4.69) is 15.6 Å². The monoisotopic (exact) mass is 471 g/mol. The van der Waals surface area contributed by atoms with Crippen LogP contribution in [0.25, 0.3) is 17.0 Å². The number of para-hydroxylation sites is 1. The highest BCUT2D eigenvalue weighted by molar-refractivity contribution is 6.06. The number of H-pyrrole nitrogens is 1. The summed E-state index contributed by atoms with van der Waals surface area (Å²) in [6, 6.07) is 19.8. The number of amides is 2. The van der Waals surface area contributed by atoms with Crippen LogP contribution < -0.4 is 10.6 Å². The number of aliphatic carboxylic acids is 1. The van der Waals surface area contributed by atoms with E-state index >= 15 is 0 Å². The van der Waals surface area contributed by atoms with Crippen LogP contribution in [0.4, 0.5) is 4.39 Å². The second-order valence-electron chi connectivity index (χ2n) is 7.86. The molecular formula is C27H22FN3O4. The van der Waals surface area contributed by atoms with E-state index < -0.39 is 29.6 Å². The minimum Gasteiger partial charge on any atom is -0.480 e. The molecule has 0 aliphatic heterocycles. The summed E-state index contributed by atoms with van der Waals surface area (Å²) in [6.07, 6.45) is 3.10. The van der Waals surface area contributed by atoms with Crippen LogP contribution in [0.3, 0.4) is 0 Å². The first-order valence-electron chi connectivity index (χ1n) is 10.8. The van der Waals surface area contributed by atoms with Crippen molar-refractivity contribution < 1.29 is 23.9 Å². The second-order valence-corrected chi connectivity index (χ2v) is 7.86. The van der Waals surface area contributed by atoms with E-state index in [0.29, 0.717) is 11.1 Å². The number of aromatic nitrogens is 1. The van der Waals surface area contributed by atoms with Crippen molar-refractivity contribution in [2.45, 2.75) is 12.5 Å². The van der Waals surface area contributed by atoms with E-state index in [-0.39, 0.29) is 12.1 Å². The highest BCUT2D eigenvalue weighted by atomic mass is 19.1. The molecule has 1 atom stereocenters.